The summed E-state index contributed by atoms with van der Waals surface area (Å²) in [6, 6.07) is 14.5. The fourth-order valence-electron chi connectivity index (χ4n) is 4.32. The van der Waals surface area contributed by atoms with Crippen molar-refractivity contribution in [2.24, 2.45) is 0 Å². The molecule has 1 heterocycles. The van der Waals surface area contributed by atoms with E-state index in [0.29, 0.717) is 13.1 Å². The highest BCUT2D eigenvalue weighted by Crippen LogP contribution is 2.27. The first-order valence-electron chi connectivity index (χ1n) is 10.5. The second-order valence-electron chi connectivity index (χ2n) is 7.60. The minimum Gasteiger partial charge on any atom is -0.480 e. The first-order chi connectivity index (χ1) is 14.0. The maximum Gasteiger partial charge on any atom is 0.317 e. The summed E-state index contributed by atoms with van der Waals surface area (Å²) < 4.78 is 0. The lowest BCUT2D eigenvalue weighted by Crippen LogP contribution is -2.49. The molecule has 0 bridgehead atoms. The molecule has 1 amide bonds. The Balaban J connectivity index is 1.63. The van der Waals surface area contributed by atoms with Gasteiger partial charge in [-0.3, -0.25) is 19.4 Å². The Bertz CT molecular complexity index is 841. The van der Waals surface area contributed by atoms with Crippen LogP contribution in [-0.2, 0) is 9.59 Å². The Labute approximate surface area is 172 Å². The van der Waals surface area contributed by atoms with Crippen LogP contribution in [0.3, 0.4) is 0 Å². The molecule has 1 fully saturated rings. The number of amides is 1. The summed E-state index contributed by atoms with van der Waals surface area (Å²) in [4.78, 5) is 30.2. The summed E-state index contributed by atoms with van der Waals surface area (Å²) in [6.45, 7) is 7.50. The average molecular weight is 398 g/mol. The summed E-state index contributed by atoms with van der Waals surface area (Å²) in [7, 11) is 0. The molecule has 0 radical (unpaired) electrons. The topological polar surface area (TPSA) is 64.1 Å². The number of carboxylic acids is 1. The number of hydrogen-bond acceptors (Lipinski definition) is 4. The molecule has 1 aliphatic rings. The van der Waals surface area contributed by atoms with Gasteiger partial charge in [-0.25, -0.2) is 0 Å². The van der Waals surface area contributed by atoms with Crippen LogP contribution in [0.4, 0.5) is 5.69 Å². The van der Waals surface area contributed by atoms with Gasteiger partial charge in [-0.2, -0.15) is 0 Å². The molecule has 3 rings (SSSR count). The average Bonchev–Trinajstić information content (AvgIpc) is 2.73. The van der Waals surface area contributed by atoms with Crippen molar-refractivity contribution in [1.29, 1.82) is 0 Å². The molecule has 29 heavy (non-hydrogen) atoms. The van der Waals surface area contributed by atoms with E-state index >= 15 is 0 Å². The van der Waals surface area contributed by atoms with E-state index in [1.165, 1.54) is 0 Å². The van der Waals surface area contributed by atoms with E-state index in [1.807, 2.05) is 47.9 Å². The van der Waals surface area contributed by atoms with Gasteiger partial charge in [0.25, 0.3) is 0 Å². The summed E-state index contributed by atoms with van der Waals surface area (Å²) in [6.07, 6.45) is 1.80. The molecular formula is C23H31N3O3. The van der Waals surface area contributed by atoms with Gasteiger partial charge in [0.1, 0.15) is 0 Å². The lowest BCUT2D eigenvalue weighted by Gasteiger charge is -2.37. The molecule has 1 aliphatic heterocycles. The molecule has 0 aromatic heterocycles. The van der Waals surface area contributed by atoms with Crippen LogP contribution in [0.1, 0.15) is 26.7 Å². The summed E-state index contributed by atoms with van der Waals surface area (Å²) in [5, 5.41) is 11.3. The van der Waals surface area contributed by atoms with Crippen LogP contribution in [-0.4, -0.2) is 72.1 Å². The van der Waals surface area contributed by atoms with E-state index in [9.17, 15) is 9.59 Å². The number of carbonyl (C=O) groups excluding carboxylic acids is 1. The number of aliphatic carboxylic acids is 1. The van der Waals surface area contributed by atoms with Crippen LogP contribution in [0.5, 0.6) is 0 Å². The lowest BCUT2D eigenvalue weighted by molar-refractivity contribution is -0.139. The molecule has 6 nitrogen and oxygen atoms in total. The first-order valence-corrected chi connectivity index (χ1v) is 10.5. The SMILES string of the molecule is CCN(C(=O)CN1CCC(N(CC)CC(=O)O)CC1)c1cccc2ccccc12. The number of benzene rings is 2. The lowest BCUT2D eigenvalue weighted by atomic mass is 10.0. The minimum absolute atomic E-state index is 0.0881. The Morgan fingerprint density at radius 1 is 1.03 bits per heavy atom. The Kier molecular flexibility index (Phi) is 7.23. The number of rotatable bonds is 8. The zero-order valence-corrected chi connectivity index (χ0v) is 17.4. The van der Waals surface area contributed by atoms with Gasteiger partial charge in [0.15, 0.2) is 0 Å². The molecule has 0 unspecified atom stereocenters. The largest absolute Gasteiger partial charge is 0.480 e. The van der Waals surface area contributed by atoms with Crippen molar-refractivity contribution in [2.75, 3.05) is 44.2 Å². The van der Waals surface area contributed by atoms with Gasteiger partial charge in [-0.15, -0.1) is 0 Å². The quantitative estimate of drug-likeness (QED) is 0.742. The number of nitrogens with zero attached hydrogens (tertiary/aromatic N) is 3. The van der Waals surface area contributed by atoms with Crippen molar-refractivity contribution in [3.8, 4) is 0 Å². The van der Waals surface area contributed by atoms with Gasteiger partial charge in [0.05, 0.1) is 18.8 Å². The van der Waals surface area contributed by atoms with E-state index in [-0.39, 0.29) is 18.5 Å². The van der Waals surface area contributed by atoms with E-state index in [0.717, 1.165) is 48.9 Å². The van der Waals surface area contributed by atoms with Crippen LogP contribution >= 0.6 is 0 Å². The number of carboxylic acid groups (broad SMARTS) is 1. The highest BCUT2D eigenvalue weighted by atomic mass is 16.4. The maximum absolute atomic E-state index is 13.1. The fourth-order valence-corrected chi connectivity index (χ4v) is 4.32. The monoisotopic (exact) mass is 397 g/mol. The Morgan fingerprint density at radius 3 is 2.38 bits per heavy atom. The molecule has 156 valence electrons. The van der Waals surface area contributed by atoms with Crippen LogP contribution < -0.4 is 4.90 Å². The van der Waals surface area contributed by atoms with Crippen LogP contribution in [0.2, 0.25) is 0 Å². The van der Waals surface area contributed by atoms with Crippen molar-refractivity contribution < 1.29 is 14.7 Å². The number of piperidine rings is 1. The van der Waals surface area contributed by atoms with Gasteiger partial charge in [-0.05, 0) is 37.8 Å². The van der Waals surface area contributed by atoms with E-state index in [2.05, 4.69) is 23.1 Å². The number of hydrogen-bond donors (Lipinski definition) is 1. The smallest absolute Gasteiger partial charge is 0.317 e. The van der Waals surface area contributed by atoms with Crippen LogP contribution in [0, 0.1) is 0 Å². The van der Waals surface area contributed by atoms with Crippen molar-refractivity contribution in [2.45, 2.75) is 32.7 Å². The van der Waals surface area contributed by atoms with Gasteiger partial charge < -0.3 is 10.0 Å². The third kappa shape index (κ3) is 5.14. The predicted octanol–water partition coefficient (Wildman–Crippen LogP) is 3.06. The number of likely N-dealkylation sites (N-methyl/N-ethyl adjacent to an activating group) is 2. The van der Waals surface area contributed by atoms with Crippen molar-refractivity contribution in [3.63, 3.8) is 0 Å². The number of anilines is 1. The van der Waals surface area contributed by atoms with Gasteiger partial charge in [0.2, 0.25) is 5.91 Å². The van der Waals surface area contributed by atoms with Gasteiger partial charge in [0, 0.05) is 31.1 Å². The third-order valence-electron chi connectivity index (χ3n) is 5.85. The fraction of sp³-hybridized carbons (Fsp3) is 0.478. The van der Waals surface area contributed by atoms with E-state index in [4.69, 9.17) is 5.11 Å². The molecule has 1 saturated heterocycles. The van der Waals surface area contributed by atoms with Crippen molar-refractivity contribution in [1.82, 2.24) is 9.80 Å². The highest BCUT2D eigenvalue weighted by molar-refractivity contribution is 6.04. The standard InChI is InChI=1S/C23H31N3O3/c1-3-25(17-23(28)29)19-12-14-24(15-13-19)16-22(27)26(4-2)21-11-7-9-18-8-5-6-10-20(18)21/h5-11,19H,3-4,12-17H2,1-2H3,(H,28,29). The molecule has 6 heteroatoms. The van der Waals surface area contributed by atoms with E-state index in [1.54, 1.807) is 0 Å². The Hall–Kier alpha value is -2.44. The highest BCUT2D eigenvalue weighted by Gasteiger charge is 2.27. The van der Waals surface area contributed by atoms with Crippen molar-refractivity contribution in [3.05, 3.63) is 42.5 Å². The molecule has 0 saturated carbocycles. The summed E-state index contributed by atoms with van der Waals surface area (Å²) in [5.41, 5.74) is 0.962. The normalized spacial score (nSPS) is 15.7. The maximum atomic E-state index is 13.1. The number of fused-ring (bicyclic) bond motifs is 1. The Morgan fingerprint density at radius 2 is 1.72 bits per heavy atom. The number of carbonyl (C=O) groups is 2. The van der Waals surface area contributed by atoms with Crippen LogP contribution in [0.15, 0.2) is 42.5 Å². The van der Waals surface area contributed by atoms with E-state index < -0.39 is 5.97 Å². The number of likely N-dealkylation sites (tertiary alicyclic amines) is 1. The van der Waals surface area contributed by atoms with Crippen molar-refractivity contribution >= 4 is 28.3 Å². The van der Waals surface area contributed by atoms with Crippen LogP contribution in [0.25, 0.3) is 10.8 Å². The second-order valence-corrected chi connectivity index (χ2v) is 7.60. The predicted molar refractivity (Wildman–Crippen MR) is 116 cm³/mol. The molecular weight excluding hydrogens is 366 g/mol. The molecule has 0 spiro atoms. The summed E-state index contributed by atoms with van der Waals surface area (Å²) >= 11 is 0. The molecule has 2 aromatic rings. The minimum atomic E-state index is -0.780. The first kappa shape index (κ1) is 21.3. The zero-order chi connectivity index (χ0) is 20.8. The molecule has 0 atom stereocenters. The zero-order valence-electron chi connectivity index (χ0n) is 17.4. The molecule has 2 aromatic carbocycles. The van der Waals surface area contributed by atoms with Gasteiger partial charge >= 0.3 is 5.97 Å². The summed E-state index contributed by atoms with van der Waals surface area (Å²) in [5.74, 6) is -0.668. The second kappa shape index (κ2) is 9.85. The van der Waals surface area contributed by atoms with Gasteiger partial charge in [-0.1, -0.05) is 43.3 Å². The molecule has 1 N–H and O–H groups in total. The third-order valence-corrected chi connectivity index (χ3v) is 5.85. The molecule has 0 aliphatic carbocycles.